The summed E-state index contributed by atoms with van der Waals surface area (Å²) in [6.45, 7) is -0.527. The summed E-state index contributed by atoms with van der Waals surface area (Å²) >= 11 is 2.97. The second-order valence-electron chi connectivity index (χ2n) is 4.36. The topological polar surface area (TPSA) is 151 Å². The van der Waals surface area contributed by atoms with Crippen molar-refractivity contribution in [1.29, 1.82) is 0 Å². The van der Waals surface area contributed by atoms with Crippen LogP contribution in [0.5, 0.6) is 0 Å². The second kappa shape index (κ2) is 6.13. The van der Waals surface area contributed by atoms with E-state index in [0.29, 0.717) is 0 Å². The van der Waals surface area contributed by atoms with Crippen molar-refractivity contribution >= 4 is 23.8 Å². The Morgan fingerprint density at radius 3 is 2.81 bits per heavy atom. The molecule has 3 atom stereocenters. The Morgan fingerprint density at radius 1 is 1.52 bits per heavy atom. The number of aliphatic hydroxyl groups excluding tert-OH is 1. The lowest BCUT2D eigenvalue weighted by atomic mass is 10.2. The summed E-state index contributed by atoms with van der Waals surface area (Å²) in [5.74, 6) is 0. The third kappa shape index (κ3) is 4.10. The van der Waals surface area contributed by atoms with Crippen LogP contribution < -0.4 is 11.2 Å². The van der Waals surface area contributed by atoms with Crippen LogP contribution >= 0.6 is 23.8 Å². The van der Waals surface area contributed by atoms with Gasteiger partial charge in [0.05, 0.1) is 17.2 Å². The second-order valence-corrected chi connectivity index (χ2v) is 6.46. The predicted molar refractivity (Wildman–Crippen MR) is 71.6 cm³/mol. The van der Waals surface area contributed by atoms with E-state index in [1.807, 2.05) is 0 Å². The molecule has 1 saturated heterocycles. The van der Waals surface area contributed by atoms with Gasteiger partial charge in [0, 0.05) is 12.6 Å². The molecular weight excluding hydrogens is 375 g/mol. The molecule has 0 bridgehead atoms. The first-order valence-corrected chi connectivity index (χ1v) is 8.04. The van der Waals surface area contributed by atoms with Crippen molar-refractivity contribution in [2.24, 2.45) is 0 Å². The summed E-state index contributed by atoms with van der Waals surface area (Å²) in [6, 6.07) is 0. The van der Waals surface area contributed by atoms with Gasteiger partial charge in [0.25, 0.3) is 5.56 Å². The van der Waals surface area contributed by atoms with E-state index < -0.39 is 44.1 Å². The number of aromatic nitrogens is 2. The van der Waals surface area contributed by atoms with Gasteiger partial charge in [-0.3, -0.25) is 18.9 Å². The highest BCUT2D eigenvalue weighted by Crippen LogP contribution is 2.38. The predicted octanol–water partition coefficient (Wildman–Crippen LogP) is -0.943. The number of nitrogens with zero attached hydrogens (tertiary/aromatic N) is 1. The number of aromatic amines is 1. The standard InChI is InChI=1S/C9H12BrN2O8P/c10-4-2-12(9(15)11-8(4)14)7-1-5(13)6(20-7)3-19-21(16,17)18/h2,5-7,13H,1,3H2,(H,11,14,15)(H2,16,17,18)/t5-,6-,7-/m1/s1. The fraction of sp³-hybridized carbons (Fsp3) is 0.556. The first-order valence-electron chi connectivity index (χ1n) is 5.72. The molecular formula is C9H12BrN2O8P. The van der Waals surface area contributed by atoms with Gasteiger partial charge in [0.15, 0.2) is 0 Å². The number of phosphoric ester groups is 1. The van der Waals surface area contributed by atoms with Gasteiger partial charge < -0.3 is 19.6 Å². The van der Waals surface area contributed by atoms with E-state index in [2.05, 4.69) is 25.4 Å². The van der Waals surface area contributed by atoms with E-state index in [1.54, 1.807) is 0 Å². The van der Waals surface area contributed by atoms with Gasteiger partial charge in [0.2, 0.25) is 0 Å². The molecule has 1 fully saturated rings. The zero-order valence-electron chi connectivity index (χ0n) is 10.4. The van der Waals surface area contributed by atoms with Gasteiger partial charge in [-0.25, -0.2) is 9.36 Å². The Balaban J connectivity index is 2.14. The van der Waals surface area contributed by atoms with Gasteiger partial charge >= 0.3 is 13.5 Å². The lowest BCUT2D eigenvalue weighted by Crippen LogP contribution is -2.32. The minimum absolute atomic E-state index is 0.00752. The van der Waals surface area contributed by atoms with Crippen LogP contribution in [0, 0.1) is 0 Å². The molecule has 0 unspecified atom stereocenters. The van der Waals surface area contributed by atoms with Crippen molar-refractivity contribution in [2.75, 3.05) is 6.61 Å². The maximum Gasteiger partial charge on any atom is 0.469 e. The Bertz CT molecular complexity index is 681. The normalized spacial score (nSPS) is 26.2. The average Bonchev–Trinajstić information content (AvgIpc) is 2.72. The van der Waals surface area contributed by atoms with Crippen molar-refractivity contribution in [3.63, 3.8) is 0 Å². The molecule has 12 heteroatoms. The number of hydrogen-bond acceptors (Lipinski definition) is 6. The highest BCUT2D eigenvalue weighted by atomic mass is 79.9. The Labute approximate surface area is 125 Å². The summed E-state index contributed by atoms with van der Waals surface area (Å²) in [7, 11) is -4.67. The first kappa shape index (κ1) is 16.6. The van der Waals surface area contributed by atoms with Gasteiger partial charge in [-0.15, -0.1) is 0 Å². The molecule has 4 N–H and O–H groups in total. The molecule has 2 heterocycles. The van der Waals surface area contributed by atoms with E-state index in [-0.39, 0.29) is 10.9 Å². The van der Waals surface area contributed by atoms with Gasteiger partial charge in [-0.1, -0.05) is 0 Å². The van der Waals surface area contributed by atoms with Crippen molar-refractivity contribution in [2.45, 2.75) is 24.9 Å². The number of phosphoric acid groups is 1. The van der Waals surface area contributed by atoms with Crippen LogP contribution in [0.15, 0.2) is 20.3 Å². The minimum atomic E-state index is -4.67. The molecule has 1 aliphatic rings. The Kier molecular flexibility index (Phi) is 4.83. The van der Waals surface area contributed by atoms with Crippen molar-refractivity contribution in [3.05, 3.63) is 31.5 Å². The van der Waals surface area contributed by atoms with Gasteiger partial charge in [0.1, 0.15) is 12.3 Å². The number of nitrogens with one attached hydrogen (secondary N) is 1. The Morgan fingerprint density at radius 2 is 2.19 bits per heavy atom. The van der Waals surface area contributed by atoms with Crippen LogP contribution in [-0.2, 0) is 13.8 Å². The molecule has 1 aliphatic heterocycles. The van der Waals surface area contributed by atoms with Gasteiger partial charge in [-0.2, -0.15) is 0 Å². The first-order chi connectivity index (χ1) is 9.67. The molecule has 0 amide bonds. The van der Waals surface area contributed by atoms with E-state index in [9.17, 15) is 19.3 Å². The maximum absolute atomic E-state index is 11.7. The number of ether oxygens (including phenoxy) is 1. The monoisotopic (exact) mass is 386 g/mol. The third-order valence-electron chi connectivity index (χ3n) is 2.85. The highest BCUT2D eigenvalue weighted by molar-refractivity contribution is 9.10. The number of aliphatic hydroxyl groups is 1. The van der Waals surface area contributed by atoms with E-state index in [4.69, 9.17) is 14.5 Å². The zero-order chi connectivity index (χ0) is 15.8. The molecule has 1 aromatic rings. The zero-order valence-corrected chi connectivity index (χ0v) is 12.9. The average molecular weight is 387 g/mol. The van der Waals surface area contributed by atoms with Crippen molar-refractivity contribution in [3.8, 4) is 0 Å². The van der Waals surface area contributed by atoms with Crippen molar-refractivity contribution < 1.29 is 28.7 Å². The Hall–Kier alpha value is -0.810. The maximum atomic E-state index is 11.7. The number of halogens is 1. The van der Waals surface area contributed by atoms with Gasteiger partial charge in [-0.05, 0) is 15.9 Å². The van der Waals surface area contributed by atoms with Crippen LogP contribution in [-0.4, -0.2) is 43.3 Å². The fourth-order valence-corrected chi connectivity index (χ4v) is 2.54. The van der Waals surface area contributed by atoms with E-state index in [0.717, 1.165) is 4.57 Å². The van der Waals surface area contributed by atoms with Crippen molar-refractivity contribution in [1.82, 2.24) is 9.55 Å². The van der Waals surface area contributed by atoms with Crippen LogP contribution in [0.2, 0.25) is 0 Å². The number of rotatable bonds is 4. The van der Waals surface area contributed by atoms with E-state index >= 15 is 0 Å². The highest BCUT2D eigenvalue weighted by Gasteiger charge is 2.37. The molecule has 0 aliphatic carbocycles. The summed E-state index contributed by atoms with van der Waals surface area (Å²) in [4.78, 5) is 42.2. The lowest BCUT2D eigenvalue weighted by molar-refractivity contribution is -0.0451. The lowest BCUT2D eigenvalue weighted by Gasteiger charge is -2.16. The molecule has 2 rings (SSSR count). The fourth-order valence-electron chi connectivity index (χ4n) is 1.88. The SMILES string of the molecule is O=c1[nH]c(=O)n([C@H]2C[C@@H](O)[C@@H](COP(=O)(O)O)O2)cc1Br. The molecule has 1 aromatic heterocycles. The number of hydrogen-bond donors (Lipinski definition) is 4. The molecule has 0 saturated carbocycles. The molecule has 118 valence electrons. The third-order valence-corrected chi connectivity index (χ3v) is 3.90. The molecule has 0 radical (unpaired) electrons. The van der Waals surface area contributed by atoms with Crippen LogP contribution in [0.3, 0.4) is 0 Å². The quantitative estimate of drug-likeness (QED) is 0.483. The van der Waals surface area contributed by atoms with E-state index in [1.165, 1.54) is 6.20 Å². The molecule has 21 heavy (non-hydrogen) atoms. The summed E-state index contributed by atoms with van der Waals surface area (Å²) in [6.07, 6.45) is -1.73. The smallest absolute Gasteiger partial charge is 0.390 e. The molecule has 0 spiro atoms. The minimum Gasteiger partial charge on any atom is -0.390 e. The van der Waals surface area contributed by atoms with Crippen LogP contribution in [0.4, 0.5) is 0 Å². The van der Waals surface area contributed by atoms with Crippen LogP contribution in [0.1, 0.15) is 12.6 Å². The summed E-state index contributed by atoms with van der Waals surface area (Å²) in [5.41, 5.74) is -1.33. The molecule has 0 aromatic carbocycles. The number of H-pyrrole nitrogens is 1. The largest absolute Gasteiger partial charge is 0.469 e. The van der Waals surface area contributed by atoms with Crippen LogP contribution in [0.25, 0.3) is 0 Å². The summed E-state index contributed by atoms with van der Waals surface area (Å²) < 4.78 is 21.4. The summed E-state index contributed by atoms with van der Waals surface area (Å²) in [5, 5.41) is 9.78. The molecule has 10 nitrogen and oxygen atoms in total.